The van der Waals surface area contributed by atoms with Crippen LogP contribution in [-0.2, 0) is 0 Å². The molecule has 2 rings (SSSR count). The van der Waals surface area contributed by atoms with Gasteiger partial charge in [0.05, 0.1) is 5.02 Å². The Bertz CT molecular complexity index is 470. The fourth-order valence-electron chi connectivity index (χ4n) is 2.78. The Kier molecular flexibility index (Phi) is 6.18. The van der Waals surface area contributed by atoms with Crippen molar-refractivity contribution in [2.45, 2.75) is 38.8 Å². The maximum absolute atomic E-state index is 10.0. The summed E-state index contributed by atoms with van der Waals surface area (Å²) in [5, 5.41) is 14.5. The molecule has 21 heavy (non-hydrogen) atoms. The summed E-state index contributed by atoms with van der Waals surface area (Å²) in [5.74, 6) is 1.95. The van der Waals surface area contributed by atoms with Crippen LogP contribution in [0.15, 0.2) is 18.2 Å². The molecule has 118 valence electrons. The molecule has 1 aliphatic rings. The van der Waals surface area contributed by atoms with Crippen molar-refractivity contribution < 1.29 is 9.84 Å². The Morgan fingerprint density at radius 2 is 2.10 bits per heavy atom. The molecule has 0 aromatic heterocycles. The second-order valence-corrected chi connectivity index (χ2v) is 6.81. The predicted molar refractivity (Wildman–Crippen MR) is 87.3 cm³/mol. The van der Waals surface area contributed by atoms with Crippen LogP contribution in [0, 0.1) is 11.8 Å². The molecule has 4 unspecified atom stereocenters. The van der Waals surface area contributed by atoms with Gasteiger partial charge >= 0.3 is 0 Å². The molecular formula is C16H23Cl2NO2. The van der Waals surface area contributed by atoms with E-state index in [0.29, 0.717) is 34.3 Å². The van der Waals surface area contributed by atoms with Crippen LogP contribution in [-0.4, -0.2) is 30.4 Å². The van der Waals surface area contributed by atoms with E-state index >= 15 is 0 Å². The largest absolute Gasteiger partial charge is 0.489 e. The van der Waals surface area contributed by atoms with Gasteiger partial charge in [-0.15, -0.1) is 0 Å². The molecule has 0 bridgehead atoms. The van der Waals surface area contributed by atoms with Crippen molar-refractivity contribution in [1.29, 1.82) is 0 Å². The van der Waals surface area contributed by atoms with Gasteiger partial charge in [0.2, 0.25) is 0 Å². The van der Waals surface area contributed by atoms with Gasteiger partial charge in [0.25, 0.3) is 0 Å². The van der Waals surface area contributed by atoms with Crippen LogP contribution < -0.4 is 10.1 Å². The molecule has 1 aliphatic carbocycles. The van der Waals surface area contributed by atoms with E-state index in [1.54, 1.807) is 18.2 Å². The van der Waals surface area contributed by atoms with Gasteiger partial charge in [-0.3, -0.25) is 0 Å². The molecule has 0 spiro atoms. The van der Waals surface area contributed by atoms with E-state index in [-0.39, 0.29) is 6.61 Å². The van der Waals surface area contributed by atoms with Crippen LogP contribution in [0.4, 0.5) is 0 Å². The lowest BCUT2D eigenvalue weighted by Crippen LogP contribution is -2.39. The highest BCUT2D eigenvalue weighted by molar-refractivity contribution is 6.35. The van der Waals surface area contributed by atoms with Crippen LogP contribution in [0.5, 0.6) is 5.75 Å². The number of nitrogens with one attached hydrogen (secondary N) is 1. The fraction of sp³-hybridized carbons (Fsp3) is 0.625. The summed E-state index contributed by atoms with van der Waals surface area (Å²) in [6, 6.07) is 5.55. The first kappa shape index (κ1) is 16.9. The van der Waals surface area contributed by atoms with E-state index in [0.717, 1.165) is 5.92 Å². The van der Waals surface area contributed by atoms with E-state index in [9.17, 15) is 5.11 Å². The summed E-state index contributed by atoms with van der Waals surface area (Å²) in [4.78, 5) is 0. The third-order valence-electron chi connectivity index (χ3n) is 4.41. The molecule has 1 aromatic carbocycles. The third-order valence-corrected chi connectivity index (χ3v) is 4.94. The first-order valence-electron chi connectivity index (χ1n) is 7.46. The highest BCUT2D eigenvalue weighted by Gasteiger charge is 2.29. The summed E-state index contributed by atoms with van der Waals surface area (Å²) in [6.45, 7) is 5.30. The minimum Gasteiger partial charge on any atom is -0.489 e. The molecule has 4 atom stereocenters. The number of hydrogen-bond donors (Lipinski definition) is 2. The number of rotatable bonds is 6. The van der Waals surface area contributed by atoms with Crippen molar-refractivity contribution in [2.75, 3.05) is 13.2 Å². The number of aliphatic hydroxyl groups is 1. The van der Waals surface area contributed by atoms with Gasteiger partial charge in [-0.2, -0.15) is 0 Å². The molecule has 0 amide bonds. The number of hydrogen-bond acceptors (Lipinski definition) is 3. The van der Waals surface area contributed by atoms with Crippen molar-refractivity contribution in [3.05, 3.63) is 28.2 Å². The van der Waals surface area contributed by atoms with E-state index in [1.807, 2.05) is 0 Å². The number of halogens is 2. The summed E-state index contributed by atoms with van der Waals surface area (Å²) in [6.07, 6.45) is 1.88. The fourth-order valence-corrected chi connectivity index (χ4v) is 3.24. The zero-order chi connectivity index (χ0) is 15.4. The maximum atomic E-state index is 10.0. The standard InChI is InChI=1S/C16H23Cl2NO2/c1-10-3-5-15(11(10)2)19-8-13(20)9-21-16-6-4-12(17)7-14(16)18/h4,6-7,10-11,13,15,19-20H,3,5,8-9H2,1-2H3. The van der Waals surface area contributed by atoms with Crippen molar-refractivity contribution in [1.82, 2.24) is 5.32 Å². The van der Waals surface area contributed by atoms with Crippen LogP contribution in [0.3, 0.4) is 0 Å². The van der Waals surface area contributed by atoms with Crippen molar-refractivity contribution in [3.8, 4) is 5.75 Å². The Hall–Kier alpha value is -0.480. The monoisotopic (exact) mass is 331 g/mol. The zero-order valence-electron chi connectivity index (χ0n) is 12.5. The van der Waals surface area contributed by atoms with Crippen LogP contribution in [0.1, 0.15) is 26.7 Å². The first-order valence-corrected chi connectivity index (χ1v) is 8.22. The van der Waals surface area contributed by atoms with Gasteiger partial charge in [0, 0.05) is 17.6 Å². The number of aliphatic hydroxyl groups excluding tert-OH is 1. The molecule has 3 nitrogen and oxygen atoms in total. The third kappa shape index (κ3) is 4.75. The summed E-state index contributed by atoms with van der Waals surface area (Å²) < 4.78 is 5.54. The average Bonchev–Trinajstić information content (AvgIpc) is 2.75. The van der Waals surface area contributed by atoms with Gasteiger partial charge in [-0.05, 0) is 42.9 Å². The Labute approximate surface area is 136 Å². The van der Waals surface area contributed by atoms with Crippen molar-refractivity contribution in [3.63, 3.8) is 0 Å². The number of ether oxygens (including phenoxy) is 1. The van der Waals surface area contributed by atoms with E-state index < -0.39 is 6.10 Å². The molecule has 5 heteroatoms. The number of benzene rings is 1. The van der Waals surface area contributed by atoms with Crippen LogP contribution in [0.2, 0.25) is 10.0 Å². The van der Waals surface area contributed by atoms with Gasteiger partial charge in [0.15, 0.2) is 0 Å². The topological polar surface area (TPSA) is 41.5 Å². The van der Waals surface area contributed by atoms with Gasteiger partial charge in [-0.1, -0.05) is 37.0 Å². The minimum absolute atomic E-state index is 0.213. The lowest BCUT2D eigenvalue weighted by Gasteiger charge is -2.21. The van der Waals surface area contributed by atoms with E-state index in [4.69, 9.17) is 27.9 Å². The molecule has 1 saturated carbocycles. The minimum atomic E-state index is -0.556. The van der Waals surface area contributed by atoms with Gasteiger partial charge in [-0.25, -0.2) is 0 Å². The highest BCUT2D eigenvalue weighted by Crippen LogP contribution is 2.31. The van der Waals surface area contributed by atoms with E-state index in [2.05, 4.69) is 19.2 Å². The lowest BCUT2D eigenvalue weighted by molar-refractivity contribution is 0.102. The maximum Gasteiger partial charge on any atom is 0.138 e. The van der Waals surface area contributed by atoms with Crippen LogP contribution >= 0.6 is 23.2 Å². The molecule has 0 aliphatic heterocycles. The van der Waals surface area contributed by atoms with Gasteiger partial charge < -0.3 is 15.2 Å². The van der Waals surface area contributed by atoms with Crippen LogP contribution in [0.25, 0.3) is 0 Å². The quantitative estimate of drug-likeness (QED) is 0.833. The first-order chi connectivity index (χ1) is 9.97. The normalized spacial score (nSPS) is 26.8. The molecular weight excluding hydrogens is 309 g/mol. The van der Waals surface area contributed by atoms with Gasteiger partial charge in [0.1, 0.15) is 18.5 Å². The summed E-state index contributed by atoms with van der Waals surface area (Å²) >= 11 is 11.9. The molecule has 0 heterocycles. The summed E-state index contributed by atoms with van der Waals surface area (Å²) in [5.41, 5.74) is 0. The Morgan fingerprint density at radius 1 is 1.33 bits per heavy atom. The predicted octanol–water partition coefficient (Wildman–Crippen LogP) is 3.76. The van der Waals surface area contributed by atoms with Crippen molar-refractivity contribution in [2.24, 2.45) is 11.8 Å². The Morgan fingerprint density at radius 3 is 2.71 bits per heavy atom. The SMILES string of the molecule is CC1CCC(NCC(O)COc2ccc(Cl)cc2Cl)C1C. The summed E-state index contributed by atoms with van der Waals surface area (Å²) in [7, 11) is 0. The zero-order valence-corrected chi connectivity index (χ0v) is 14.0. The molecule has 2 N–H and O–H groups in total. The second-order valence-electron chi connectivity index (χ2n) is 5.97. The lowest BCUT2D eigenvalue weighted by atomic mass is 9.98. The molecule has 0 radical (unpaired) electrons. The van der Waals surface area contributed by atoms with E-state index in [1.165, 1.54) is 12.8 Å². The Balaban J connectivity index is 1.73. The average molecular weight is 332 g/mol. The van der Waals surface area contributed by atoms with Crippen molar-refractivity contribution >= 4 is 23.2 Å². The molecule has 1 aromatic rings. The second kappa shape index (κ2) is 7.68. The smallest absolute Gasteiger partial charge is 0.138 e. The molecule has 1 fully saturated rings. The molecule has 0 saturated heterocycles. The highest BCUT2D eigenvalue weighted by atomic mass is 35.5.